The number of carbonyl (C=O) groups excluding carboxylic acids is 1. The summed E-state index contributed by atoms with van der Waals surface area (Å²) in [7, 11) is 1.74. The van der Waals surface area contributed by atoms with Crippen LogP contribution in [-0.2, 0) is 11.8 Å². The van der Waals surface area contributed by atoms with Crippen LogP contribution in [0.4, 0.5) is 5.69 Å². The predicted octanol–water partition coefficient (Wildman–Crippen LogP) is 1.58. The van der Waals surface area contributed by atoms with E-state index in [2.05, 4.69) is 10.4 Å². The lowest BCUT2D eigenvalue weighted by molar-refractivity contribution is -0.117. The molecule has 1 atom stereocenters. The molecule has 102 valence electrons. The molecule has 2 rings (SSSR count). The van der Waals surface area contributed by atoms with Crippen LogP contribution in [0.15, 0.2) is 30.6 Å². The zero-order valence-electron chi connectivity index (χ0n) is 10.7. The topological polar surface area (TPSA) is 96.7 Å². The molecule has 20 heavy (non-hydrogen) atoms. The number of aromatic nitrogens is 2. The third-order valence-corrected chi connectivity index (χ3v) is 3.05. The molecule has 7 heteroatoms. The maximum atomic E-state index is 12.0. The number of benzene rings is 1. The van der Waals surface area contributed by atoms with Gasteiger partial charge in [0.2, 0.25) is 5.91 Å². The summed E-state index contributed by atoms with van der Waals surface area (Å²) in [5, 5.41) is 15.8. The Labute approximate surface area is 120 Å². The molecule has 0 spiro atoms. The number of nitrogens with zero attached hydrogens (tertiary/aromatic N) is 3. The van der Waals surface area contributed by atoms with Crippen molar-refractivity contribution in [2.24, 2.45) is 12.8 Å². The molecule has 0 radical (unpaired) electrons. The van der Waals surface area contributed by atoms with E-state index in [1.807, 2.05) is 6.07 Å². The largest absolute Gasteiger partial charge is 0.324 e. The van der Waals surface area contributed by atoms with E-state index >= 15 is 0 Å². The summed E-state index contributed by atoms with van der Waals surface area (Å²) in [5.74, 6) is -0.385. The Balaban J connectivity index is 2.14. The number of amides is 1. The van der Waals surface area contributed by atoms with Crippen LogP contribution in [-0.4, -0.2) is 15.7 Å². The molecule has 1 aromatic carbocycles. The van der Waals surface area contributed by atoms with Crippen molar-refractivity contribution in [1.29, 1.82) is 5.26 Å². The molecule has 0 aliphatic rings. The van der Waals surface area contributed by atoms with E-state index < -0.39 is 6.04 Å². The molecule has 0 aliphatic heterocycles. The molecule has 0 aliphatic carbocycles. The zero-order chi connectivity index (χ0) is 14.7. The third-order valence-electron chi connectivity index (χ3n) is 2.72. The van der Waals surface area contributed by atoms with E-state index in [9.17, 15) is 4.79 Å². The Morgan fingerprint density at radius 3 is 2.95 bits per heavy atom. The van der Waals surface area contributed by atoms with Gasteiger partial charge in [-0.3, -0.25) is 9.48 Å². The van der Waals surface area contributed by atoms with E-state index in [1.54, 1.807) is 30.1 Å². The SMILES string of the molecule is Cn1cc(C(N)C(=O)Nc2ccc(Cl)c(C#N)c2)cn1. The van der Waals surface area contributed by atoms with Crippen LogP contribution in [0.3, 0.4) is 0 Å². The number of hydrogen-bond donors (Lipinski definition) is 2. The Hall–Kier alpha value is -2.36. The summed E-state index contributed by atoms with van der Waals surface area (Å²) in [4.78, 5) is 12.0. The lowest BCUT2D eigenvalue weighted by atomic mass is 10.1. The van der Waals surface area contributed by atoms with Crippen LogP contribution in [0.1, 0.15) is 17.2 Å². The second kappa shape index (κ2) is 5.74. The van der Waals surface area contributed by atoms with Crippen LogP contribution in [0.2, 0.25) is 5.02 Å². The average molecular weight is 290 g/mol. The molecule has 2 aromatic rings. The van der Waals surface area contributed by atoms with Crippen LogP contribution in [0.25, 0.3) is 0 Å². The number of hydrogen-bond acceptors (Lipinski definition) is 4. The monoisotopic (exact) mass is 289 g/mol. The Kier molecular flexibility index (Phi) is 4.03. The molecule has 0 bridgehead atoms. The van der Waals surface area contributed by atoms with Crippen molar-refractivity contribution in [3.8, 4) is 6.07 Å². The normalized spacial score (nSPS) is 11.7. The first-order chi connectivity index (χ1) is 9.51. The number of halogens is 1. The maximum Gasteiger partial charge on any atom is 0.246 e. The number of nitriles is 1. The van der Waals surface area contributed by atoms with E-state index in [0.29, 0.717) is 21.8 Å². The number of carbonyl (C=O) groups is 1. The van der Waals surface area contributed by atoms with E-state index in [1.165, 1.54) is 12.3 Å². The molecule has 1 unspecified atom stereocenters. The molecule has 0 saturated carbocycles. The fraction of sp³-hybridized carbons (Fsp3) is 0.154. The standard InChI is InChI=1S/C13H12ClN5O/c1-19-7-9(6-17-19)12(16)13(20)18-10-2-3-11(14)8(4-10)5-15/h2-4,6-7,12H,16H2,1H3,(H,18,20). The highest BCUT2D eigenvalue weighted by atomic mass is 35.5. The lowest BCUT2D eigenvalue weighted by Crippen LogP contribution is -2.27. The van der Waals surface area contributed by atoms with Crippen molar-refractivity contribution in [2.75, 3.05) is 5.32 Å². The zero-order valence-corrected chi connectivity index (χ0v) is 11.4. The van der Waals surface area contributed by atoms with Gasteiger partial charge in [-0.05, 0) is 18.2 Å². The first-order valence-electron chi connectivity index (χ1n) is 5.76. The highest BCUT2D eigenvalue weighted by molar-refractivity contribution is 6.31. The molecule has 1 heterocycles. The average Bonchev–Trinajstić information content (AvgIpc) is 2.86. The number of anilines is 1. The van der Waals surface area contributed by atoms with E-state index in [-0.39, 0.29) is 5.91 Å². The van der Waals surface area contributed by atoms with Crippen LogP contribution in [0.5, 0.6) is 0 Å². The van der Waals surface area contributed by atoms with Gasteiger partial charge in [0.1, 0.15) is 12.1 Å². The van der Waals surface area contributed by atoms with Gasteiger partial charge in [0.15, 0.2) is 0 Å². The summed E-state index contributed by atoms with van der Waals surface area (Å²) in [5.41, 5.74) is 7.21. The third kappa shape index (κ3) is 2.96. The van der Waals surface area contributed by atoms with Gasteiger partial charge in [-0.1, -0.05) is 11.6 Å². The van der Waals surface area contributed by atoms with Crippen molar-refractivity contribution in [3.05, 3.63) is 46.7 Å². The molecular weight excluding hydrogens is 278 g/mol. The molecule has 1 amide bonds. The number of nitrogens with two attached hydrogens (primary N) is 1. The predicted molar refractivity (Wildman–Crippen MR) is 74.9 cm³/mol. The van der Waals surface area contributed by atoms with Crippen molar-refractivity contribution in [3.63, 3.8) is 0 Å². The smallest absolute Gasteiger partial charge is 0.246 e. The van der Waals surface area contributed by atoms with Gasteiger partial charge in [0.25, 0.3) is 0 Å². The molecule has 1 aromatic heterocycles. The Morgan fingerprint density at radius 2 is 2.35 bits per heavy atom. The molecule has 0 saturated heterocycles. The van der Waals surface area contributed by atoms with Crippen molar-refractivity contribution in [2.45, 2.75) is 6.04 Å². The quantitative estimate of drug-likeness (QED) is 0.896. The Bertz CT molecular complexity index is 688. The molecule has 0 fully saturated rings. The summed E-state index contributed by atoms with van der Waals surface area (Å²) in [6.07, 6.45) is 3.21. The first-order valence-corrected chi connectivity index (χ1v) is 6.13. The Morgan fingerprint density at radius 1 is 1.60 bits per heavy atom. The first kappa shape index (κ1) is 14.1. The van der Waals surface area contributed by atoms with Crippen LogP contribution in [0, 0.1) is 11.3 Å². The van der Waals surface area contributed by atoms with Crippen molar-refractivity contribution >= 4 is 23.2 Å². The molecular formula is C13H12ClN5O. The maximum absolute atomic E-state index is 12.0. The van der Waals surface area contributed by atoms with E-state index in [0.717, 1.165) is 0 Å². The fourth-order valence-corrected chi connectivity index (χ4v) is 1.82. The fourth-order valence-electron chi connectivity index (χ4n) is 1.66. The highest BCUT2D eigenvalue weighted by Gasteiger charge is 2.17. The molecule has 6 nitrogen and oxygen atoms in total. The van der Waals surface area contributed by atoms with Crippen molar-refractivity contribution < 1.29 is 4.79 Å². The highest BCUT2D eigenvalue weighted by Crippen LogP contribution is 2.20. The number of rotatable bonds is 3. The minimum atomic E-state index is -0.829. The van der Waals surface area contributed by atoms with Gasteiger partial charge >= 0.3 is 0 Å². The molecule has 3 N–H and O–H groups in total. The van der Waals surface area contributed by atoms with Gasteiger partial charge < -0.3 is 11.1 Å². The lowest BCUT2D eigenvalue weighted by Gasteiger charge is -2.11. The van der Waals surface area contributed by atoms with Crippen molar-refractivity contribution in [1.82, 2.24) is 9.78 Å². The van der Waals surface area contributed by atoms with Gasteiger partial charge in [0.05, 0.1) is 16.8 Å². The summed E-state index contributed by atoms with van der Waals surface area (Å²) >= 11 is 5.82. The minimum Gasteiger partial charge on any atom is -0.324 e. The van der Waals surface area contributed by atoms with Gasteiger partial charge in [0, 0.05) is 24.5 Å². The summed E-state index contributed by atoms with van der Waals surface area (Å²) in [6.45, 7) is 0. The number of aryl methyl sites for hydroxylation is 1. The minimum absolute atomic E-state index is 0.291. The summed E-state index contributed by atoms with van der Waals surface area (Å²) < 4.78 is 1.57. The number of nitrogens with one attached hydrogen (secondary N) is 1. The van der Waals surface area contributed by atoms with Gasteiger partial charge in [-0.15, -0.1) is 0 Å². The van der Waals surface area contributed by atoms with E-state index in [4.69, 9.17) is 22.6 Å². The second-order valence-electron chi connectivity index (χ2n) is 4.22. The second-order valence-corrected chi connectivity index (χ2v) is 4.63. The van der Waals surface area contributed by atoms with Gasteiger partial charge in [-0.25, -0.2) is 0 Å². The van der Waals surface area contributed by atoms with Gasteiger partial charge in [-0.2, -0.15) is 10.4 Å². The van der Waals surface area contributed by atoms with Crippen LogP contribution >= 0.6 is 11.6 Å². The van der Waals surface area contributed by atoms with Crippen LogP contribution < -0.4 is 11.1 Å². The summed E-state index contributed by atoms with van der Waals surface area (Å²) in [6, 6.07) is 5.77.